The lowest BCUT2D eigenvalue weighted by Crippen LogP contribution is -2.42. The van der Waals surface area contributed by atoms with Crippen molar-refractivity contribution in [2.45, 2.75) is 46.0 Å². The van der Waals surface area contributed by atoms with E-state index >= 15 is 0 Å². The van der Waals surface area contributed by atoms with Crippen LogP contribution in [-0.4, -0.2) is 56.0 Å². The molecule has 0 fully saturated rings. The van der Waals surface area contributed by atoms with Crippen LogP contribution in [0.4, 0.5) is 0 Å². The number of carbonyl (C=O) groups is 1. The molecule has 0 aromatic carbocycles. The van der Waals surface area contributed by atoms with Gasteiger partial charge in [0.25, 0.3) is 0 Å². The van der Waals surface area contributed by atoms with E-state index in [0.29, 0.717) is 19.6 Å². The van der Waals surface area contributed by atoms with Gasteiger partial charge in [-0.1, -0.05) is 11.6 Å². The van der Waals surface area contributed by atoms with Gasteiger partial charge < -0.3 is 4.90 Å². The lowest BCUT2D eigenvalue weighted by Gasteiger charge is -2.25. The standard InChI is InChI=1S/C15H28N2O3S/c1-4-16(5-2)15(18)13-17(21(3,19)20)12-11-14-9-7-6-8-10-14/h9H,4-8,10-13H2,1-3H3. The number of nitrogens with zero attached hydrogens (tertiary/aromatic N) is 2. The van der Waals surface area contributed by atoms with Crippen LogP contribution in [0.15, 0.2) is 11.6 Å². The molecule has 0 N–H and O–H groups in total. The van der Waals surface area contributed by atoms with Crippen LogP contribution in [-0.2, 0) is 14.8 Å². The van der Waals surface area contributed by atoms with Crippen molar-refractivity contribution in [3.05, 3.63) is 11.6 Å². The van der Waals surface area contributed by atoms with Gasteiger partial charge in [-0.25, -0.2) is 8.42 Å². The van der Waals surface area contributed by atoms with Gasteiger partial charge in [0.2, 0.25) is 15.9 Å². The fourth-order valence-corrected chi connectivity index (χ4v) is 3.36. The van der Waals surface area contributed by atoms with E-state index in [0.717, 1.165) is 19.3 Å². The number of rotatable bonds is 8. The summed E-state index contributed by atoms with van der Waals surface area (Å²) in [5.74, 6) is -0.122. The second kappa shape index (κ2) is 8.54. The molecule has 1 aliphatic rings. The quantitative estimate of drug-likeness (QED) is 0.644. The molecule has 0 radical (unpaired) electrons. The number of hydrogen-bond donors (Lipinski definition) is 0. The molecular weight excluding hydrogens is 288 g/mol. The predicted octanol–water partition coefficient (Wildman–Crippen LogP) is 2.01. The Balaban J connectivity index is 2.64. The fourth-order valence-electron chi connectivity index (χ4n) is 2.59. The molecule has 0 saturated heterocycles. The van der Waals surface area contributed by atoms with Crippen molar-refractivity contribution in [2.75, 3.05) is 32.4 Å². The van der Waals surface area contributed by atoms with E-state index in [-0.39, 0.29) is 12.5 Å². The van der Waals surface area contributed by atoms with Crippen molar-refractivity contribution in [2.24, 2.45) is 0 Å². The van der Waals surface area contributed by atoms with Crippen molar-refractivity contribution in [1.82, 2.24) is 9.21 Å². The summed E-state index contributed by atoms with van der Waals surface area (Å²) < 4.78 is 25.1. The SMILES string of the molecule is CCN(CC)C(=O)CN(CCC1=CCCCC1)S(C)(=O)=O. The van der Waals surface area contributed by atoms with Crippen molar-refractivity contribution in [3.8, 4) is 0 Å². The lowest BCUT2D eigenvalue weighted by molar-refractivity contribution is -0.131. The first-order chi connectivity index (χ1) is 9.88. The average Bonchev–Trinajstić information content (AvgIpc) is 2.44. The molecule has 0 aliphatic heterocycles. The van der Waals surface area contributed by atoms with Gasteiger partial charge in [0.05, 0.1) is 12.8 Å². The summed E-state index contributed by atoms with van der Waals surface area (Å²) in [4.78, 5) is 13.8. The molecule has 0 aromatic heterocycles. The monoisotopic (exact) mass is 316 g/mol. The van der Waals surface area contributed by atoms with Gasteiger partial charge in [-0.05, 0) is 46.0 Å². The Morgan fingerprint density at radius 3 is 2.38 bits per heavy atom. The van der Waals surface area contributed by atoms with Crippen LogP contribution >= 0.6 is 0 Å². The number of hydrogen-bond acceptors (Lipinski definition) is 3. The molecule has 0 heterocycles. The van der Waals surface area contributed by atoms with Crippen LogP contribution in [0.5, 0.6) is 0 Å². The zero-order valence-corrected chi connectivity index (χ0v) is 14.3. The Hall–Kier alpha value is -0.880. The van der Waals surface area contributed by atoms with Gasteiger partial charge in [-0.15, -0.1) is 0 Å². The minimum absolute atomic E-state index is 0.0478. The molecule has 1 amide bonds. The van der Waals surface area contributed by atoms with Crippen LogP contribution in [0.25, 0.3) is 0 Å². The number of sulfonamides is 1. The van der Waals surface area contributed by atoms with E-state index in [4.69, 9.17) is 0 Å². The van der Waals surface area contributed by atoms with E-state index in [1.807, 2.05) is 13.8 Å². The second-order valence-electron chi connectivity index (χ2n) is 5.52. The first-order valence-corrected chi connectivity index (χ1v) is 9.64. The summed E-state index contributed by atoms with van der Waals surface area (Å²) >= 11 is 0. The second-order valence-corrected chi connectivity index (χ2v) is 7.50. The van der Waals surface area contributed by atoms with E-state index in [9.17, 15) is 13.2 Å². The summed E-state index contributed by atoms with van der Waals surface area (Å²) in [6.45, 7) is 5.37. The van der Waals surface area contributed by atoms with E-state index in [2.05, 4.69) is 6.08 Å². The van der Waals surface area contributed by atoms with Gasteiger partial charge in [0.1, 0.15) is 0 Å². The molecule has 21 heavy (non-hydrogen) atoms. The average molecular weight is 316 g/mol. The van der Waals surface area contributed by atoms with E-state index in [1.54, 1.807) is 4.90 Å². The first-order valence-electron chi connectivity index (χ1n) is 7.79. The molecular formula is C15H28N2O3S. The van der Waals surface area contributed by atoms with E-state index < -0.39 is 10.0 Å². The summed E-state index contributed by atoms with van der Waals surface area (Å²) in [6.07, 6.45) is 8.68. The summed E-state index contributed by atoms with van der Waals surface area (Å²) in [5.41, 5.74) is 1.32. The highest BCUT2D eigenvalue weighted by atomic mass is 32.2. The third kappa shape index (κ3) is 6.18. The Bertz CT molecular complexity index is 467. The zero-order chi connectivity index (χ0) is 15.9. The molecule has 1 aliphatic carbocycles. The normalized spacial score (nSPS) is 15.9. The number of carbonyl (C=O) groups excluding carboxylic acids is 1. The van der Waals surface area contributed by atoms with Crippen molar-refractivity contribution < 1.29 is 13.2 Å². The maximum absolute atomic E-state index is 12.1. The van der Waals surface area contributed by atoms with Crippen LogP contribution < -0.4 is 0 Å². The number of amides is 1. The molecule has 0 atom stereocenters. The topological polar surface area (TPSA) is 57.7 Å². The molecule has 1 rings (SSSR count). The Morgan fingerprint density at radius 2 is 1.90 bits per heavy atom. The highest BCUT2D eigenvalue weighted by Crippen LogP contribution is 2.20. The molecule has 0 unspecified atom stereocenters. The first kappa shape index (κ1) is 18.2. The van der Waals surface area contributed by atoms with Crippen molar-refractivity contribution >= 4 is 15.9 Å². The van der Waals surface area contributed by atoms with Crippen LogP contribution in [0, 0.1) is 0 Å². The molecule has 0 saturated carbocycles. The minimum atomic E-state index is -3.35. The van der Waals surface area contributed by atoms with Crippen LogP contribution in [0.1, 0.15) is 46.0 Å². The predicted molar refractivity (Wildman–Crippen MR) is 85.5 cm³/mol. The highest BCUT2D eigenvalue weighted by Gasteiger charge is 2.22. The largest absolute Gasteiger partial charge is 0.342 e. The maximum atomic E-state index is 12.1. The fraction of sp³-hybridized carbons (Fsp3) is 0.800. The lowest BCUT2D eigenvalue weighted by atomic mass is 9.97. The number of likely N-dealkylation sites (N-methyl/N-ethyl adjacent to an activating group) is 1. The summed E-state index contributed by atoms with van der Waals surface area (Å²) in [7, 11) is -3.35. The van der Waals surface area contributed by atoms with Crippen LogP contribution in [0.3, 0.4) is 0 Å². The Kier molecular flexibility index (Phi) is 7.39. The van der Waals surface area contributed by atoms with Gasteiger partial charge >= 0.3 is 0 Å². The third-order valence-electron chi connectivity index (χ3n) is 3.96. The summed E-state index contributed by atoms with van der Waals surface area (Å²) in [5, 5.41) is 0. The molecule has 0 spiro atoms. The van der Waals surface area contributed by atoms with E-state index in [1.165, 1.54) is 29.0 Å². The Morgan fingerprint density at radius 1 is 1.24 bits per heavy atom. The molecule has 0 aromatic rings. The van der Waals surface area contributed by atoms with Crippen molar-refractivity contribution in [3.63, 3.8) is 0 Å². The van der Waals surface area contributed by atoms with Gasteiger partial charge in [-0.2, -0.15) is 4.31 Å². The summed E-state index contributed by atoms with van der Waals surface area (Å²) in [6, 6.07) is 0. The highest BCUT2D eigenvalue weighted by molar-refractivity contribution is 7.88. The zero-order valence-electron chi connectivity index (χ0n) is 13.5. The molecule has 0 bridgehead atoms. The smallest absolute Gasteiger partial charge is 0.237 e. The maximum Gasteiger partial charge on any atom is 0.237 e. The van der Waals surface area contributed by atoms with Crippen molar-refractivity contribution in [1.29, 1.82) is 0 Å². The molecule has 5 nitrogen and oxygen atoms in total. The molecule has 122 valence electrons. The van der Waals surface area contributed by atoms with Gasteiger partial charge in [0, 0.05) is 19.6 Å². The Labute approximate surface area is 129 Å². The number of allylic oxidation sites excluding steroid dienone is 1. The molecule has 6 heteroatoms. The van der Waals surface area contributed by atoms with Gasteiger partial charge in [-0.3, -0.25) is 4.79 Å². The van der Waals surface area contributed by atoms with Crippen LogP contribution in [0.2, 0.25) is 0 Å². The van der Waals surface area contributed by atoms with Gasteiger partial charge in [0.15, 0.2) is 0 Å². The minimum Gasteiger partial charge on any atom is -0.342 e. The third-order valence-corrected chi connectivity index (χ3v) is 5.21.